The van der Waals surface area contributed by atoms with Gasteiger partial charge in [-0.05, 0) is 53.2 Å². The van der Waals surface area contributed by atoms with Crippen molar-refractivity contribution in [3.8, 4) is 11.5 Å². The molecule has 3 aromatic carbocycles. The highest BCUT2D eigenvalue weighted by atomic mass is 79.9. The van der Waals surface area contributed by atoms with E-state index in [1.807, 2.05) is 42.5 Å². The molecule has 0 aliphatic carbocycles. The molecule has 0 saturated heterocycles. The van der Waals surface area contributed by atoms with Gasteiger partial charge >= 0.3 is 0 Å². The van der Waals surface area contributed by atoms with Gasteiger partial charge in [0.2, 0.25) is 0 Å². The number of halogens is 2. The molecular formula is C20H20BrClNO2+. The van der Waals surface area contributed by atoms with Crippen molar-refractivity contribution in [3.63, 3.8) is 0 Å². The first-order valence-electron chi connectivity index (χ1n) is 8.13. The largest absolute Gasteiger partial charge is 0.507 e. The minimum atomic E-state index is 0.341. The van der Waals surface area contributed by atoms with Crippen LogP contribution in [0.15, 0.2) is 59.1 Å². The van der Waals surface area contributed by atoms with E-state index in [1.54, 1.807) is 6.07 Å². The average molecular weight is 422 g/mol. The number of phenols is 1. The van der Waals surface area contributed by atoms with Crippen molar-refractivity contribution < 1.29 is 14.7 Å². The summed E-state index contributed by atoms with van der Waals surface area (Å²) in [4.78, 5) is 1.26. The van der Waals surface area contributed by atoms with E-state index in [9.17, 15) is 5.11 Å². The van der Waals surface area contributed by atoms with Crippen molar-refractivity contribution in [2.75, 3.05) is 20.2 Å². The molecule has 1 atom stereocenters. The molecule has 3 rings (SSSR count). The van der Waals surface area contributed by atoms with Crippen molar-refractivity contribution in [2.45, 2.75) is 6.54 Å². The van der Waals surface area contributed by atoms with Crippen LogP contribution < -0.4 is 9.64 Å². The quantitative estimate of drug-likeness (QED) is 0.629. The Morgan fingerprint density at radius 2 is 1.84 bits per heavy atom. The van der Waals surface area contributed by atoms with Crippen molar-refractivity contribution in [1.82, 2.24) is 0 Å². The molecule has 2 N–H and O–H groups in total. The highest BCUT2D eigenvalue weighted by Gasteiger charge is 2.12. The molecule has 0 aromatic heterocycles. The lowest BCUT2D eigenvalue weighted by Gasteiger charge is -2.17. The highest BCUT2D eigenvalue weighted by molar-refractivity contribution is 9.10. The minimum Gasteiger partial charge on any atom is -0.507 e. The predicted octanol–water partition coefficient (Wildman–Crippen LogP) is 4.06. The molecule has 3 nitrogen and oxygen atoms in total. The SMILES string of the molecule is C[NH+](CCOc1ccc(Cl)cc1)Cc1c(O)ccc2cc(Br)ccc12. The van der Waals surface area contributed by atoms with Crippen molar-refractivity contribution in [2.24, 2.45) is 0 Å². The van der Waals surface area contributed by atoms with Crippen LogP contribution in [0.2, 0.25) is 5.02 Å². The zero-order chi connectivity index (χ0) is 17.8. The normalized spacial score (nSPS) is 12.3. The van der Waals surface area contributed by atoms with E-state index >= 15 is 0 Å². The van der Waals surface area contributed by atoms with Crippen LogP contribution in [-0.4, -0.2) is 25.3 Å². The highest BCUT2D eigenvalue weighted by Crippen LogP contribution is 2.28. The number of hydrogen-bond acceptors (Lipinski definition) is 2. The molecule has 1 unspecified atom stereocenters. The van der Waals surface area contributed by atoms with Crippen LogP contribution in [0, 0.1) is 0 Å². The fourth-order valence-corrected chi connectivity index (χ4v) is 3.31. The second kappa shape index (κ2) is 8.09. The van der Waals surface area contributed by atoms with Crippen LogP contribution >= 0.6 is 27.5 Å². The second-order valence-corrected chi connectivity index (χ2v) is 7.47. The number of ether oxygens (including phenoxy) is 1. The Balaban J connectivity index is 1.64. The number of quaternary nitrogens is 1. The summed E-state index contributed by atoms with van der Waals surface area (Å²) in [5, 5.41) is 13.2. The maximum absolute atomic E-state index is 10.3. The van der Waals surface area contributed by atoms with E-state index < -0.39 is 0 Å². The Hall–Kier alpha value is -1.75. The summed E-state index contributed by atoms with van der Waals surface area (Å²) in [7, 11) is 2.10. The van der Waals surface area contributed by atoms with Gasteiger partial charge in [0.05, 0.1) is 12.6 Å². The van der Waals surface area contributed by atoms with Gasteiger partial charge in [0, 0.05) is 9.50 Å². The standard InChI is InChI=1S/C20H19BrClNO2/c1-23(10-11-25-17-6-4-16(22)5-7-17)13-19-18-8-3-15(21)12-14(18)2-9-20(19)24/h2-9,12,24H,10-11,13H2,1H3/p+1. The summed E-state index contributed by atoms with van der Waals surface area (Å²) in [5.41, 5.74) is 0.967. The van der Waals surface area contributed by atoms with E-state index in [4.69, 9.17) is 16.3 Å². The van der Waals surface area contributed by atoms with Gasteiger partial charge in [-0.25, -0.2) is 0 Å². The first-order valence-corrected chi connectivity index (χ1v) is 9.30. The lowest BCUT2D eigenvalue weighted by Crippen LogP contribution is -3.08. The maximum Gasteiger partial charge on any atom is 0.137 e. The summed E-state index contributed by atoms with van der Waals surface area (Å²) in [6.45, 7) is 2.16. The Morgan fingerprint density at radius 1 is 1.08 bits per heavy atom. The summed E-state index contributed by atoms with van der Waals surface area (Å²) in [6.07, 6.45) is 0. The van der Waals surface area contributed by atoms with Crippen LogP contribution in [0.5, 0.6) is 11.5 Å². The second-order valence-electron chi connectivity index (χ2n) is 6.11. The van der Waals surface area contributed by atoms with Gasteiger partial charge in [-0.1, -0.05) is 39.7 Å². The molecular weight excluding hydrogens is 402 g/mol. The number of phenolic OH excluding ortho intramolecular Hbond substituents is 1. The first kappa shape index (κ1) is 18.1. The number of rotatable bonds is 6. The minimum absolute atomic E-state index is 0.341. The van der Waals surface area contributed by atoms with Crippen LogP contribution in [0.4, 0.5) is 0 Å². The van der Waals surface area contributed by atoms with Crippen molar-refractivity contribution >= 4 is 38.3 Å². The Morgan fingerprint density at radius 3 is 2.60 bits per heavy atom. The van der Waals surface area contributed by atoms with Gasteiger partial charge in [0.25, 0.3) is 0 Å². The number of aromatic hydroxyl groups is 1. The molecule has 3 aromatic rings. The van der Waals surface area contributed by atoms with Crippen LogP contribution in [0.3, 0.4) is 0 Å². The van der Waals surface area contributed by atoms with Crippen molar-refractivity contribution in [1.29, 1.82) is 0 Å². The molecule has 0 radical (unpaired) electrons. The summed E-state index contributed by atoms with van der Waals surface area (Å²) in [5.74, 6) is 1.16. The lowest BCUT2D eigenvalue weighted by atomic mass is 10.0. The Kier molecular flexibility index (Phi) is 5.84. The van der Waals surface area contributed by atoms with Crippen molar-refractivity contribution in [3.05, 3.63) is 69.7 Å². The fourth-order valence-electron chi connectivity index (χ4n) is 2.80. The molecule has 25 heavy (non-hydrogen) atoms. The smallest absolute Gasteiger partial charge is 0.137 e. The van der Waals surface area contributed by atoms with Gasteiger partial charge in [0.1, 0.15) is 31.2 Å². The van der Waals surface area contributed by atoms with Gasteiger partial charge in [-0.3, -0.25) is 0 Å². The van der Waals surface area contributed by atoms with E-state index in [-0.39, 0.29) is 0 Å². The first-order chi connectivity index (χ1) is 12.0. The maximum atomic E-state index is 10.3. The van der Waals surface area contributed by atoms with Crippen LogP contribution in [0.25, 0.3) is 10.8 Å². The molecule has 0 fully saturated rings. The predicted molar refractivity (Wildman–Crippen MR) is 106 cm³/mol. The molecule has 0 aliphatic heterocycles. The number of hydrogen-bond donors (Lipinski definition) is 2. The Labute approximate surface area is 160 Å². The number of fused-ring (bicyclic) bond motifs is 1. The summed E-state index contributed by atoms with van der Waals surface area (Å²) < 4.78 is 6.79. The molecule has 0 spiro atoms. The number of likely N-dealkylation sites (N-methyl/N-ethyl adjacent to an activating group) is 1. The number of nitrogens with one attached hydrogen (secondary N) is 1. The molecule has 130 valence electrons. The lowest BCUT2D eigenvalue weighted by molar-refractivity contribution is -0.893. The molecule has 0 bridgehead atoms. The zero-order valence-corrected chi connectivity index (χ0v) is 16.3. The third kappa shape index (κ3) is 4.66. The van der Waals surface area contributed by atoms with Gasteiger partial charge < -0.3 is 14.7 Å². The average Bonchev–Trinajstić information content (AvgIpc) is 2.59. The van der Waals surface area contributed by atoms with E-state index in [1.165, 1.54) is 4.90 Å². The number of benzene rings is 3. The van der Waals surface area contributed by atoms with E-state index in [0.717, 1.165) is 39.6 Å². The topological polar surface area (TPSA) is 33.9 Å². The van der Waals surface area contributed by atoms with Gasteiger partial charge in [-0.15, -0.1) is 0 Å². The van der Waals surface area contributed by atoms with Crippen LogP contribution in [-0.2, 0) is 6.54 Å². The third-order valence-electron chi connectivity index (χ3n) is 4.16. The van der Waals surface area contributed by atoms with Gasteiger partial charge in [-0.2, -0.15) is 0 Å². The molecule has 0 aliphatic rings. The monoisotopic (exact) mass is 420 g/mol. The fraction of sp³-hybridized carbons (Fsp3) is 0.200. The van der Waals surface area contributed by atoms with Crippen LogP contribution in [0.1, 0.15) is 5.56 Å². The summed E-state index contributed by atoms with van der Waals surface area (Å²) >= 11 is 9.37. The Bertz CT molecular complexity index is 867. The molecule has 0 amide bonds. The molecule has 0 saturated carbocycles. The van der Waals surface area contributed by atoms with Gasteiger partial charge in [0.15, 0.2) is 0 Å². The molecule has 5 heteroatoms. The zero-order valence-electron chi connectivity index (χ0n) is 13.9. The summed E-state index contributed by atoms with van der Waals surface area (Å²) in [6, 6.07) is 17.2. The third-order valence-corrected chi connectivity index (χ3v) is 4.90. The molecule has 0 heterocycles. The van der Waals surface area contributed by atoms with E-state index in [2.05, 4.69) is 29.0 Å². The van der Waals surface area contributed by atoms with E-state index in [0.29, 0.717) is 17.4 Å².